The van der Waals surface area contributed by atoms with Gasteiger partial charge in [-0.15, -0.1) is 10.2 Å². The normalized spacial score (nSPS) is 10.8. The van der Waals surface area contributed by atoms with E-state index in [0.29, 0.717) is 33.6 Å². The molecule has 9 nitrogen and oxygen atoms in total. The summed E-state index contributed by atoms with van der Waals surface area (Å²) in [6.07, 6.45) is 1.53. The van der Waals surface area contributed by atoms with E-state index in [-0.39, 0.29) is 29.9 Å². The second-order valence-electron chi connectivity index (χ2n) is 7.20. The quantitative estimate of drug-likeness (QED) is 0.294. The third-order valence-corrected chi connectivity index (χ3v) is 5.91. The fourth-order valence-corrected chi connectivity index (χ4v) is 3.93. The molecule has 0 spiro atoms. The van der Waals surface area contributed by atoms with Gasteiger partial charge in [0, 0.05) is 12.6 Å². The molecule has 0 aliphatic rings. The van der Waals surface area contributed by atoms with Crippen LogP contribution in [0.25, 0.3) is 11.4 Å². The molecule has 0 saturated heterocycles. The number of nitrogen functional groups attached to an aromatic ring is 1. The smallest absolute Gasteiger partial charge is 0.253 e. The number of hydrogen-bond donors (Lipinski definition) is 2. The number of para-hydroxylation sites is 1. The number of halogens is 1. The predicted octanol–water partition coefficient (Wildman–Crippen LogP) is 3.08. The molecule has 0 radical (unpaired) electrons. The van der Waals surface area contributed by atoms with Gasteiger partial charge in [-0.1, -0.05) is 23.9 Å². The van der Waals surface area contributed by atoms with Gasteiger partial charge in [0.05, 0.1) is 29.8 Å². The van der Waals surface area contributed by atoms with Crippen molar-refractivity contribution in [2.24, 2.45) is 0 Å². The average molecular weight is 481 g/mol. The zero-order valence-electron chi connectivity index (χ0n) is 18.1. The maximum atomic E-state index is 13.2. The number of amides is 2. The first-order chi connectivity index (χ1) is 16.4. The molecule has 0 aliphatic heterocycles. The maximum absolute atomic E-state index is 13.2. The third-order valence-electron chi connectivity index (χ3n) is 4.98. The Kier molecular flexibility index (Phi) is 6.93. The lowest BCUT2D eigenvalue weighted by Gasteiger charge is -2.20. The first-order valence-electron chi connectivity index (χ1n) is 10.2. The van der Waals surface area contributed by atoms with Gasteiger partial charge in [-0.25, -0.2) is 9.07 Å². The number of rotatable bonds is 8. The Morgan fingerprint density at radius 3 is 2.62 bits per heavy atom. The molecule has 2 amide bonds. The van der Waals surface area contributed by atoms with Crippen LogP contribution in [0.15, 0.2) is 76.5 Å². The number of hydrogen-bond acceptors (Lipinski definition) is 7. The molecule has 34 heavy (non-hydrogen) atoms. The van der Waals surface area contributed by atoms with Crippen LogP contribution in [0.2, 0.25) is 0 Å². The van der Waals surface area contributed by atoms with E-state index in [1.165, 1.54) is 28.0 Å². The first kappa shape index (κ1) is 23.1. The van der Waals surface area contributed by atoms with E-state index >= 15 is 0 Å². The Balaban J connectivity index is 1.42. The molecule has 0 aliphatic carbocycles. The number of nitrogens with two attached hydrogens (primary N) is 1. The SMILES string of the molecule is CN(C(=O)CSc1nnc(-c2ccc(F)cc2)n1N)c1ccccc1C(=O)NCc1ccco1. The Morgan fingerprint density at radius 1 is 1.12 bits per heavy atom. The van der Waals surface area contributed by atoms with Gasteiger partial charge in [0.25, 0.3) is 5.91 Å². The minimum absolute atomic E-state index is 0.0115. The van der Waals surface area contributed by atoms with Crippen LogP contribution in [0.4, 0.5) is 10.1 Å². The van der Waals surface area contributed by atoms with E-state index in [0.717, 1.165) is 11.8 Å². The highest BCUT2D eigenvalue weighted by atomic mass is 32.2. The molecular weight excluding hydrogens is 459 g/mol. The molecule has 2 aromatic heterocycles. The Morgan fingerprint density at radius 2 is 1.88 bits per heavy atom. The molecule has 11 heteroatoms. The van der Waals surface area contributed by atoms with Gasteiger partial charge >= 0.3 is 0 Å². The van der Waals surface area contributed by atoms with Gasteiger partial charge in [0.15, 0.2) is 5.82 Å². The summed E-state index contributed by atoms with van der Waals surface area (Å²) >= 11 is 1.11. The molecular formula is C23H21FN6O3S. The first-order valence-corrected chi connectivity index (χ1v) is 11.2. The van der Waals surface area contributed by atoms with Crippen LogP contribution in [0.5, 0.6) is 0 Å². The van der Waals surface area contributed by atoms with Crippen LogP contribution in [-0.4, -0.2) is 39.5 Å². The van der Waals surface area contributed by atoms with E-state index in [1.54, 1.807) is 55.6 Å². The fourth-order valence-electron chi connectivity index (χ4n) is 3.16. The van der Waals surface area contributed by atoms with Crippen molar-refractivity contribution in [3.63, 3.8) is 0 Å². The lowest BCUT2D eigenvalue weighted by Crippen LogP contribution is -2.31. The van der Waals surface area contributed by atoms with Crippen molar-refractivity contribution in [1.29, 1.82) is 0 Å². The minimum Gasteiger partial charge on any atom is -0.467 e. The molecule has 3 N–H and O–H groups in total. The van der Waals surface area contributed by atoms with Crippen LogP contribution in [-0.2, 0) is 11.3 Å². The highest BCUT2D eigenvalue weighted by molar-refractivity contribution is 7.99. The molecule has 2 aromatic carbocycles. The Bertz CT molecular complexity index is 1290. The van der Waals surface area contributed by atoms with E-state index in [2.05, 4.69) is 15.5 Å². The molecule has 0 unspecified atom stereocenters. The van der Waals surface area contributed by atoms with Gasteiger partial charge in [0.2, 0.25) is 11.1 Å². The largest absolute Gasteiger partial charge is 0.467 e. The van der Waals surface area contributed by atoms with Gasteiger partial charge in [-0.05, 0) is 48.5 Å². The summed E-state index contributed by atoms with van der Waals surface area (Å²) in [5.74, 6) is 6.10. The zero-order valence-corrected chi connectivity index (χ0v) is 19.0. The molecule has 4 aromatic rings. The highest BCUT2D eigenvalue weighted by Crippen LogP contribution is 2.24. The molecule has 2 heterocycles. The number of aromatic nitrogens is 3. The zero-order chi connectivity index (χ0) is 24.1. The average Bonchev–Trinajstić information content (AvgIpc) is 3.51. The van der Waals surface area contributed by atoms with E-state index < -0.39 is 0 Å². The van der Waals surface area contributed by atoms with Crippen LogP contribution in [0.1, 0.15) is 16.1 Å². The van der Waals surface area contributed by atoms with Gasteiger partial charge in [-0.2, -0.15) is 0 Å². The van der Waals surface area contributed by atoms with Crippen LogP contribution >= 0.6 is 11.8 Å². The number of furan rings is 1. The summed E-state index contributed by atoms with van der Waals surface area (Å²) in [4.78, 5) is 27.0. The lowest BCUT2D eigenvalue weighted by molar-refractivity contribution is -0.115. The van der Waals surface area contributed by atoms with Crippen molar-refractivity contribution in [2.45, 2.75) is 11.7 Å². The second kappa shape index (κ2) is 10.2. The highest BCUT2D eigenvalue weighted by Gasteiger charge is 2.20. The third kappa shape index (κ3) is 5.09. The summed E-state index contributed by atoms with van der Waals surface area (Å²) in [5, 5.41) is 11.2. The van der Waals surface area contributed by atoms with Crippen molar-refractivity contribution in [2.75, 3.05) is 23.5 Å². The predicted molar refractivity (Wildman–Crippen MR) is 126 cm³/mol. The molecule has 0 fully saturated rings. The number of benzene rings is 2. The molecule has 4 rings (SSSR count). The fraction of sp³-hybridized carbons (Fsp3) is 0.130. The van der Waals surface area contributed by atoms with Crippen LogP contribution in [0.3, 0.4) is 0 Å². The number of carbonyl (C=O) groups is 2. The van der Waals surface area contributed by atoms with Crippen molar-refractivity contribution in [1.82, 2.24) is 20.2 Å². The van der Waals surface area contributed by atoms with E-state index in [4.69, 9.17) is 10.3 Å². The topological polar surface area (TPSA) is 119 Å². The molecule has 174 valence electrons. The van der Waals surface area contributed by atoms with Gasteiger partial charge < -0.3 is 20.5 Å². The Hall–Kier alpha value is -4.12. The van der Waals surface area contributed by atoms with Crippen molar-refractivity contribution < 1.29 is 18.4 Å². The number of nitrogens with zero attached hydrogens (tertiary/aromatic N) is 4. The van der Waals surface area contributed by atoms with Crippen molar-refractivity contribution in [3.8, 4) is 11.4 Å². The summed E-state index contributed by atoms with van der Waals surface area (Å²) < 4.78 is 19.7. The summed E-state index contributed by atoms with van der Waals surface area (Å²) in [7, 11) is 1.60. The van der Waals surface area contributed by atoms with Gasteiger partial charge in [-0.3, -0.25) is 9.59 Å². The maximum Gasteiger partial charge on any atom is 0.253 e. The van der Waals surface area contributed by atoms with E-state index in [9.17, 15) is 14.0 Å². The minimum atomic E-state index is -0.370. The Labute approximate surface area is 198 Å². The summed E-state index contributed by atoms with van der Waals surface area (Å²) in [5.41, 5.74) is 1.42. The molecule has 0 bridgehead atoms. The number of thioether (sulfide) groups is 1. The summed E-state index contributed by atoms with van der Waals surface area (Å²) in [6.45, 7) is 0.232. The van der Waals surface area contributed by atoms with Crippen molar-refractivity contribution >= 4 is 29.3 Å². The monoisotopic (exact) mass is 480 g/mol. The lowest BCUT2D eigenvalue weighted by atomic mass is 10.1. The number of carbonyl (C=O) groups excluding carboxylic acids is 2. The molecule has 0 atom stereocenters. The van der Waals surface area contributed by atoms with E-state index in [1.807, 2.05) is 0 Å². The molecule has 0 saturated carbocycles. The van der Waals surface area contributed by atoms with Gasteiger partial charge in [0.1, 0.15) is 11.6 Å². The number of anilines is 1. The summed E-state index contributed by atoms with van der Waals surface area (Å²) in [6, 6.07) is 16.0. The number of nitrogens with one attached hydrogen (secondary N) is 1. The van der Waals surface area contributed by atoms with Crippen LogP contribution in [0, 0.1) is 5.82 Å². The standard InChI is InChI=1S/C23H21FN6O3S/c1-29(19-7-3-2-6-18(19)22(32)26-13-17-5-4-12-33-17)20(31)14-34-23-28-27-21(30(23)25)15-8-10-16(24)11-9-15/h2-12H,13-14,25H2,1H3,(H,26,32). The second-order valence-corrected chi connectivity index (χ2v) is 8.15. The van der Waals surface area contributed by atoms with Crippen LogP contribution < -0.4 is 16.1 Å². The van der Waals surface area contributed by atoms with Crippen molar-refractivity contribution in [3.05, 3.63) is 84.1 Å².